The predicted octanol–water partition coefficient (Wildman–Crippen LogP) is 2.01. The number of nitrogens with zero attached hydrogens (tertiary/aromatic N) is 1. The van der Waals surface area contributed by atoms with Crippen molar-refractivity contribution in [3.63, 3.8) is 0 Å². The van der Waals surface area contributed by atoms with E-state index in [1.54, 1.807) is 0 Å². The van der Waals surface area contributed by atoms with E-state index in [9.17, 15) is 28.3 Å². The number of imide groups is 1. The molecule has 1 unspecified atom stereocenters. The van der Waals surface area contributed by atoms with Gasteiger partial charge in [0.2, 0.25) is 5.91 Å². The van der Waals surface area contributed by atoms with E-state index in [-0.39, 0.29) is 12.1 Å². The number of aliphatic hydroxyl groups is 1. The molecule has 1 saturated heterocycles. The molecule has 1 saturated carbocycles. The summed E-state index contributed by atoms with van der Waals surface area (Å²) in [6.45, 7) is 1.37. The fourth-order valence-electron chi connectivity index (χ4n) is 3.98. The van der Waals surface area contributed by atoms with Crippen LogP contribution >= 0.6 is 0 Å². The molecular formula is C20H25F2N3O4. The van der Waals surface area contributed by atoms with Gasteiger partial charge in [-0.1, -0.05) is 19.4 Å². The molecule has 0 aromatic heterocycles. The van der Waals surface area contributed by atoms with Crippen LogP contribution in [0.5, 0.6) is 0 Å². The first-order valence-corrected chi connectivity index (χ1v) is 9.79. The Kier molecular flexibility index (Phi) is 6.16. The van der Waals surface area contributed by atoms with Crippen molar-refractivity contribution in [2.24, 2.45) is 5.92 Å². The standard InChI is InChI=1S/C20H25F2N3O4/c1-2-12-5-7-20(8-6-12)18(28)25(19(29)24-20)11-17(27)23-10-16(26)13-3-4-14(21)15(22)9-13/h3-4,9,12,16,26H,2,5-8,10-11H2,1H3,(H,23,27)(H,24,29). The number of nitrogens with one attached hydrogen (secondary N) is 2. The van der Waals surface area contributed by atoms with Crippen molar-refractivity contribution in [2.75, 3.05) is 13.1 Å². The zero-order valence-electron chi connectivity index (χ0n) is 16.2. The highest BCUT2D eigenvalue weighted by atomic mass is 19.2. The van der Waals surface area contributed by atoms with Crippen molar-refractivity contribution in [3.8, 4) is 0 Å². The summed E-state index contributed by atoms with van der Waals surface area (Å²) in [4.78, 5) is 38.1. The van der Waals surface area contributed by atoms with Crippen LogP contribution in [0.3, 0.4) is 0 Å². The molecule has 3 rings (SSSR count). The lowest BCUT2D eigenvalue weighted by Gasteiger charge is -2.34. The van der Waals surface area contributed by atoms with Gasteiger partial charge in [0.25, 0.3) is 5.91 Å². The highest BCUT2D eigenvalue weighted by Crippen LogP contribution is 2.37. The maximum Gasteiger partial charge on any atom is 0.325 e. The van der Waals surface area contributed by atoms with Gasteiger partial charge in [0.05, 0.1) is 6.10 Å². The number of benzene rings is 1. The van der Waals surface area contributed by atoms with E-state index in [2.05, 4.69) is 17.6 Å². The number of carbonyl (C=O) groups is 3. The highest BCUT2D eigenvalue weighted by molar-refractivity contribution is 6.09. The summed E-state index contributed by atoms with van der Waals surface area (Å²) in [6, 6.07) is 2.35. The third kappa shape index (κ3) is 4.39. The van der Waals surface area contributed by atoms with Crippen LogP contribution in [0.15, 0.2) is 18.2 Å². The Bertz CT molecular complexity index is 809. The highest BCUT2D eigenvalue weighted by Gasteiger charge is 2.52. The van der Waals surface area contributed by atoms with Gasteiger partial charge in [-0.05, 0) is 49.3 Å². The number of urea groups is 1. The number of rotatable bonds is 6. The van der Waals surface area contributed by atoms with Gasteiger partial charge in [-0.3, -0.25) is 14.5 Å². The van der Waals surface area contributed by atoms with Crippen molar-refractivity contribution in [2.45, 2.75) is 50.7 Å². The van der Waals surface area contributed by atoms with E-state index in [0.717, 1.165) is 36.3 Å². The van der Waals surface area contributed by atoms with E-state index < -0.39 is 47.7 Å². The summed E-state index contributed by atoms with van der Waals surface area (Å²) in [5.41, 5.74) is -0.820. The first-order valence-electron chi connectivity index (χ1n) is 9.79. The molecule has 2 aliphatic rings. The number of hydrogen-bond acceptors (Lipinski definition) is 4. The van der Waals surface area contributed by atoms with Crippen LogP contribution in [0.25, 0.3) is 0 Å². The SMILES string of the molecule is CCC1CCC2(CC1)NC(=O)N(CC(=O)NCC(O)c1ccc(F)c(F)c1)C2=O. The fourth-order valence-corrected chi connectivity index (χ4v) is 3.98. The summed E-state index contributed by atoms with van der Waals surface area (Å²) in [7, 11) is 0. The molecule has 0 bridgehead atoms. The maximum absolute atomic E-state index is 13.3. The topological polar surface area (TPSA) is 98.7 Å². The second kappa shape index (κ2) is 8.44. The largest absolute Gasteiger partial charge is 0.387 e. The Morgan fingerprint density at radius 1 is 1.31 bits per heavy atom. The number of aliphatic hydroxyl groups excluding tert-OH is 1. The smallest absolute Gasteiger partial charge is 0.325 e. The van der Waals surface area contributed by atoms with Gasteiger partial charge < -0.3 is 15.7 Å². The quantitative estimate of drug-likeness (QED) is 0.626. The van der Waals surface area contributed by atoms with Gasteiger partial charge in [-0.25, -0.2) is 13.6 Å². The summed E-state index contributed by atoms with van der Waals surface area (Å²) in [6.07, 6.45) is 2.59. The summed E-state index contributed by atoms with van der Waals surface area (Å²) in [5, 5.41) is 15.2. The van der Waals surface area contributed by atoms with E-state index in [1.165, 1.54) is 6.07 Å². The minimum absolute atomic E-state index is 0.103. The van der Waals surface area contributed by atoms with Crippen molar-refractivity contribution in [3.05, 3.63) is 35.4 Å². The monoisotopic (exact) mass is 409 g/mol. The molecule has 1 heterocycles. The molecule has 1 atom stereocenters. The molecule has 158 valence electrons. The number of halogens is 2. The zero-order valence-corrected chi connectivity index (χ0v) is 16.2. The minimum atomic E-state index is -1.26. The first kappa shape index (κ1) is 21.2. The van der Waals surface area contributed by atoms with Crippen LogP contribution in [0, 0.1) is 17.6 Å². The van der Waals surface area contributed by atoms with Crippen LogP contribution in [0.2, 0.25) is 0 Å². The zero-order chi connectivity index (χ0) is 21.2. The average molecular weight is 409 g/mol. The first-order chi connectivity index (χ1) is 13.8. The van der Waals surface area contributed by atoms with E-state index >= 15 is 0 Å². The van der Waals surface area contributed by atoms with Crippen LogP contribution in [-0.2, 0) is 9.59 Å². The van der Waals surface area contributed by atoms with Crippen LogP contribution in [0.4, 0.5) is 13.6 Å². The molecule has 7 nitrogen and oxygen atoms in total. The third-order valence-corrected chi connectivity index (χ3v) is 5.90. The fraction of sp³-hybridized carbons (Fsp3) is 0.550. The van der Waals surface area contributed by atoms with Crippen molar-refractivity contribution in [1.82, 2.24) is 15.5 Å². The lowest BCUT2D eigenvalue weighted by atomic mass is 9.75. The molecule has 1 aromatic rings. The predicted molar refractivity (Wildman–Crippen MR) is 99.6 cm³/mol. The second-order valence-corrected chi connectivity index (χ2v) is 7.75. The van der Waals surface area contributed by atoms with E-state index in [0.29, 0.717) is 18.8 Å². The molecule has 2 fully saturated rings. The summed E-state index contributed by atoms with van der Waals surface area (Å²) in [5.74, 6) is -2.62. The molecule has 1 aromatic carbocycles. The third-order valence-electron chi connectivity index (χ3n) is 5.90. The van der Waals surface area contributed by atoms with Crippen LogP contribution in [-0.4, -0.2) is 46.5 Å². The van der Waals surface area contributed by atoms with Gasteiger partial charge in [-0.2, -0.15) is 0 Å². The van der Waals surface area contributed by atoms with Gasteiger partial charge in [-0.15, -0.1) is 0 Å². The average Bonchev–Trinajstić information content (AvgIpc) is 2.93. The second-order valence-electron chi connectivity index (χ2n) is 7.75. The Morgan fingerprint density at radius 2 is 2.00 bits per heavy atom. The molecule has 9 heteroatoms. The number of carbonyl (C=O) groups excluding carboxylic acids is 3. The Labute approximate surface area is 167 Å². The lowest BCUT2D eigenvalue weighted by molar-refractivity contribution is -0.136. The van der Waals surface area contributed by atoms with Gasteiger partial charge in [0.15, 0.2) is 11.6 Å². The van der Waals surface area contributed by atoms with E-state index in [4.69, 9.17) is 0 Å². The van der Waals surface area contributed by atoms with Crippen molar-refractivity contribution >= 4 is 17.8 Å². The molecule has 0 radical (unpaired) electrons. The molecular weight excluding hydrogens is 384 g/mol. The van der Waals surface area contributed by atoms with Gasteiger partial charge >= 0.3 is 6.03 Å². The van der Waals surface area contributed by atoms with E-state index in [1.807, 2.05) is 0 Å². The number of hydrogen-bond donors (Lipinski definition) is 3. The molecule has 1 aliphatic heterocycles. The maximum atomic E-state index is 13.3. The van der Waals surface area contributed by atoms with Gasteiger partial charge in [0, 0.05) is 6.54 Å². The summed E-state index contributed by atoms with van der Waals surface area (Å²) >= 11 is 0. The normalized spacial score (nSPS) is 25.2. The Morgan fingerprint density at radius 3 is 2.62 bits per heavy atom. The molecule has 4 amide bonds. The Hall–Kier alpha value is -2.55. The van der Waals surface area contributed by atoms with Crippen molar-refractivity contribution in [1.29, 1.82) is 0 Å². The number of amides is 4. The Balaban J connectivity index is 1.54. The molecule has 29 heavy (non-hydrogen) atoms. The summed E-state index contributed by atoms with van der Waals surface area (Å²) < 4.78 is 26.2. The lowest BCUT2D eigenvalue weighted by Crippen LogP contribution is -2.50. The van der Waals surface area contributed by atoms with Gasteiger partial charge in [0.1, 0.15) is 12.1 Å². The van der Waals surface area contributed by atoms with Crippen molar-refractivity contribution < 1.29 is 28.3 Å². The molecule has 1 spiro atoms. The van der Waals surface area contributed by atoms with Crippen LogP contribution in [0.1, 0.15) is 50.7 Å². The van der Waals surface area contributed by atoms with Crippen LogP contribution < -0.4 is 10.6 Å². The molecule has 3 N–H and O–H groups in total. The molecule has 1 aliphatic carbocycles. The minimum Gasteiger partial charge on any atom is -0.387 e.